The normalized spacial score (nSPS) is 14.8. The van der Waals surface area contributed by atoms with Gasteiger partial charge in [-0.3, -0.25) is 0 Å². The number of para-hydroxylation sites is 4. The van der Waals surface area contributed by atoms with Crippen molar-refractivity contribution in [3.63, 3.8) is 0 Å². The molecule has 0 saturated heterocycles. The fourth-order valence-electron chi connectivity index (χ4n) is 10.3. The largest absolute Gasteiger partial charge is 0.455 e. The molecule has 0 fully saturated rings. The molecule has 1 aliphatic heterocycles. The molecule has 4 aromatic heterocycles. The van der Waals surface area contributed by atoms with E-state index in [0.29, 0.717) is 5.84 Å². The molecule has 1 atom stereocenters. The van der Waals surface area contributed by atoms with Crippen LogP contribution in [0.3, 0.4) is 0 Å². The first-order valence-corrected chi connectivity index (χ1v) is 22.5. The molecule has 0 saturated carbocycles. The van der Waals surface area contributed by atoms with Crippen LogP contribution >= 0.6 is 11.3 Å². The van der Waals surface area contributed by atoms with Gasteiger partial charge in [-0.1, -0.05) is 134 Å². The summed E-state index contributed by atoms with van der Waals surface area (Å²) >= 11 is 1.82. The highest BCUT2D eigenvalue weighted by atomic mass is 32.1. The molecule has 300 valence electrons. The third-order valence-electron chi connectivity index (χ3n) is 13.2. The molecule has 0 N–H and O–H groups in total. The Hall–Kier alpha value is -8.06. The van der Waals surface area contributed by atoms with Crippen LogP contribution in [0.2, 0.25) is 0 Å². The number of fused-ring (bicyclic) bond motifs is 13. The molecule has 1 unspecified atom stereocenters. The van der Waals surface area contributed by atoms with E-state index in [9.17, 15) is 0 Å². The Morgan fingerprint density at radius 3 is 1.91 bits per heavy atom. The minimum Gasteiger partial charge on any atom is -0.455 e. The van der Waals surface area contributed by atoms with E-state index in [1.54, 1.807) is 0 Å². The molecule has 13 aromatic rings. The summed E-state index contributed by atoms with van der Waals surface area (Å²) in [5.74, 6) is 0.459. The highest BCUT2D eigenvalue weighted by Gasteiger charge is 2.28. The van der Waals surface area contributed by atoms with Gasteiger partial charge in [0.05, 0.1) is 33.7 Å². The highest BCUT2D eigenvalue weighted by Crippen LogP contribution is 2.44. The third-order valence-corrected chi connectivity index (χ3v) is 14.4. The predicted molar refractivity (Wildman–Crippen MR) is 269 cm³/mol. The second-order valence-electron chi connectivity index (χ2n) is 16.8. The first-order chi connectivity index (χ1) is 31.6. The van der Waals surface area contributed by atoms with Crippen molar-refractivity contribution >= 4 is 125 Å². The summed E-state index contributed by atoms with van der Waals surface area (Å²) in [5.41, 5.74) is 11.0. The molecule has 0 aliphatic carbocycles. The molecule has 14 rings (SSSR count). The van der Waals surface area contributed by atoms with Gasteiger partial charge in [0.1, 0.15) is 16.7 Å². The van der Waals surface area contributed by atoms with E-state index >= 15 is 0 Å². The minimum absolute atomic E-state index is 0.136. The van der Waals surface area contributed by atoms with Gasteiger partial charge >= 0.3 is 0 Å². The summed E-state index contributed by atoms with van der Waals surface area (Å²) in [4.78, 5) is 11.4. The Kier molecular flexibility index (Phi) is 7.48. The number of rotatable bonds is 4. The molecule has 5 heterocycles. The Morgan fingerprint density at radius 2 is 1.09 bits per heavy atom. The van der Waals surface area contributed by atoms with Crippen molar-refractivity contribution < 1.29 is 8.83 Å². The van der Waals surface area contributed by atoms with Gasteiger partial charge in [-0.05, 0) is 71.4 Å². The smallest absolute Gasteiger partial charge is 0.163 e. The molecule has 0 bridgehead atoms. The Labute approximate surface area is 370 Å². The summed E-state index contributed by atoms with van der Waals surface area (Å²) in [6.07, 6.45) is 2.30. The van der Waals surface area contributed by atoms with Crippen molar-refractivity contribution in [2.24, 2.45) is 15.9 Å². The molecule has 1 aliphatic rings. The van der Waals surface area contributed by atoms with Crippen molar-refractivity contribution in [1.82, 2.24) is 4.57 Å². The third kappa shape index (κ3) is 5.11. The number of benzene rings is 9. The number of nitrogens with zero attached hydrogens (tertiary/aromatic N) is 3. The summed E-state index contributed by atoms with van der Waals surface area (Å²) in [6, 6.07) is 64.6. The van der Waals surface area contributed by atoms with Gasteiger partial charge in [0, 0.05) is 69.5 Å². The zero-order chi connectivity index (χ0) is 42.0. The summed E-state index contributed by atoms with van der Waals surface area (Å²) in [6.45, 7) is 2.25. The topological polar surface area (TPSA) is 55.9 Å². The van der Waals surface area contributed by atoms with Crippen LogP contribution in [0.25, 0.3) is 108 Å². The maximum Gasteiger partial charge on any atom is 0.163 e. The molecule has 5 nitrogen and oxygen atoms in total. The molecule has 64 heavy (non-hydrogen) atoms. The number of furan rings is 2. The van der Waals surface area contributed by atoms with Crippen LogP contribution in [0.4, 0.5) is 0 Å². The maximum absolute atomic E-state index is 7.01. The van der Waals surface area contributed by atoms with Crippen LogP contribution < -0.4 is 0 Å². The molecular formula is C58H35N3O2S. The zero-order valence-corrected chi connectivity index (χ0v) is 35.4. The first kappa shape index (κ1) is 35.5. The highest BCUT2D eigenvalue weighted by molar-refractivity contribution is 7.26. The van der Waals surface area contributed by atoms with Crippen LogP contribution in [-0.4, -0.2) is 16.1 Å². The van der Waals surface area contributed by atoms with E-state index in [4.69, 9.17) is 18.8 Å². The Bertz CT molecular complexity index is 4230. The second-order valence-corrected chi connectivity index (χ2v) is 17.9. The Balaban J connectivity index is 1.10. The maximum atomic E-state index is 7.01. The van der Waals surface area contributed by atoms with Crippen molar-refractivity contribution in [3.05, 3.63) is 205 Å². The number of aliphatic imine (C=N–C) groups is 2. The quantitative estimate of drug-likeness (QED) is 0.177. The number of aromatic nitrogens is 1. The van der Waals surface area contributed by atoms with Crippen LogP contribution in [-0.2, 0) is 0 Å². The minimum atomic E-state index is -0.136. The number of hydrogen-bond donors (Lipinski definition) is 0. The lowest BCUT2D eigenvalue weighted by Gasteiger charge is -2.16. The molecule has 6 heteroatoms. The van der Waals surface area contributed by atoms with E-state index < -0.39 is 0 Å². The van der Waals surface area contributed by atoms with Gasteiger partial charge in [-0.25, -0.2) is 9.98 Å². The van der Waals surface area contributed by atoms with Crippen molar-refractivity contribution in [2.45, 2.75) is 6.92 Å². The molecular weight excluding hydrogens is 803 g/mol. The fourth-order valence-corrected chi connectivity index (χ4v) is 11.5. The number of hydrogen-bond acceptors (Lipinski definition) is 5. The van der Waals surface area contributed by atoms with Crippen LogP contribution in [0, 0.1) is 5.92 Å². The number of allylic oxidation sites excluding steroid dienone is 1. The first-order valence-electron chi connectivity index (χ1n) is 21.7. The summed E-state index contributed by atoms with van der Waals surface area (Å²) in [5, 5.41) is 11.4. The fraction of sp³-hybridized carbons (Fsp3) is 0.0345. The van der Waals surface area contributed by atoms with E-state index in [1.807, 2.05) is 29.5 Å². The molecule has 0 amide bonds. The van der Waals surface area contributed by atoms with Crippen LogP contribution in [0.15, 0.2) is 207 Å². The van der Waals surface area contributed by atoms with E-state index in [2.05, 4.69) is 181 Å². The summed E-state index contributed by atoms with van der Waals surface area (Å²) < 4.78 is 18.6. The second kappa shape index (κ2) is 13.5. The van der Waals surface area contributed by atoms with E-state index in [1.165, 1.54) is 41.7 Å². The zero-order valence-electron chi connectivity index (χ0n) is 34.5. The van der Waals surface area contributed by atoms with Gasteiger partial charge < -0.3 is 13.4 Å². The molecule has 9 aromatic carbocycles. The van der Waals surface area contributed by atoms with Crippen molar-refractivity contribution in [2.75, 3.05) is 0 Å². The van der Waals surface area contributed by atoms with Crippen LogP contribution in [0.5, 0.6) is 0 Å². The number of amidine groups is 1. The van der Waals surface area contributed by atoms with E-state index in [0.717, 1.165) is 88.7 Å². The predicted octanol–water partition coefficient (Wildman–Crippen LogP) is 16.0. The van der Waals surface area contributed by atoms with Gasteiger partial charge in [0.2, 0.25) is 0 Å². The lowest BCUT2D eigenvalue weighted by molar-refractivity contribution is 0.666. The molecule has 0 radical (unpaired) electrons. The van der Waals surface area contributed by atoms with Crippen molar-refractivity contribution in [3.8, 4) is 5.69 Å². The van der Waals surface area contributed by atoms with Crippen molar-refractivity contribution in [1.29, 1.82) is 0 Å². The average Bonchev–Trinajstić information content (AvgIpc) is 4.08. The number of thiophene rings is 1. The van der Waals surface area contributed by atoms with Gasteiger partial charge in [0.25, 0.3) is 0 Å². The molecule has 0 spiro atoms. The standard InChI is InChI=1S/C58H35N3O2S/c1-33-30-47(43-29-28-41-38-18-6-10-26-51(38)63-56(41)54(43)61-48-24-8-4-16-36(48)46-31-34-14-2-3-15-35(34)32-49(46)61)59-58(45-23-12-20-40-37-17-5-9-25-50(37)62-55(40)45)60-53(33)44-22-13-21-42-39-19-7-11-27-52(39)64-57(42)44/h2-33H,1H3. The summed E-state index contributed by atoms with van der Waals surface area (Å²) in [7, 11) is 0. The SMILES string of the molecule is CC1C=C(c2ccc3c(oc4ccccc43)c2-n2c3ccccc3c3cc4ccccc4cc32)N=C(c2cccc3c2oc2ccccc23)N=C1c1cccc2c1sc1ccccc12. The van der Waals surface area contributed by atoms with Gasteiger partial charge in [-0.2, -0.15) is 0 Å². The Morgan fingerprint density at radius 1 is 0.469 bits per heavy atom. The lowest BCUT2D eigenvalue weighted by atomic mass is 9.94. The van der Waals surface area contributed by atoms with Gasteiger partial charge in [0.15, 0.2) is 11.4 Å². The van der Waals surface area contributed by atoms with Crippen LogP contribution in [0.1, 0.15) is 23.6 Å². The average molecular weight is 838 g/mol. The monoisotopic (exact) mass is 837 g/mol. The van der Waals surface area contributed by atoms with Gasteiger partial charge in [-0.15, -0.1) is 11.3 Å². The van der Waals surface area contributed by atoms with E-state index in [-0.39, 0.29) is 5.92 Å². The lowest BCUT2D eigenvalue weighted by Crippen LogP contribution is -2.13.